The van der Waals surface area contributed by atoms with Gasteiger partial charge in [-0.1, -0.05) is 13.8 Å². The first kappa shape index (κ1) is 48.6. The number of rotatable bonds is 15. The number of likely N-dealkylation sites (N-methyl/N-ethyl adjacent to an activating group) is 1. The number of alkyl carbamates (subject to hydrolysis) is 1. The number of nitrogens with one attached hydrogen (secondary N) is 2. The highest BCUT2D eigenvalue weighted by Gasteiger charge is 2.46. The summed E-state index contributed by atoms with van der Waals surface area (Å²) < 4.78 is 26.4. The molecule has 358 valence electrons. The summed E-state index contributed by atoms with van der Waals surface area (Å²) in [5, 5.41) is 25.9. The third-order valence-electron chi connectivity index (χ3n) is 13.4. The Labute approximate surface area is 383 Å². The number of aromatic nitrogens is 2. The molecule has 4 aliphatic heterocycles. The number of hydrogen-bond donors (Lipinski definition) is 4. The number of pyridine rings is 1. The predicted molar refractivity (Wildman–Crippen MR) is 248 cm³/mol. The molecule has 6 heterocycles. The summed E-state index contributed by atoms with van der Waals surface area (Å²) in [6, 6.07) is 6.14. The van der Waals surface area contributed by atoms with Crippen molar-refractivity contribution in [3.05, 3.63) is 47.3 Å². The monoisotopic (exact) mass is 905 g/mol. The van der Waals surface area contributed by atoms with Crippen molar-refractivity contribution < 1.29 is 43.5 Å². The zero-order chi connectivity index (χ0) is 46.8. The van der Waals surface area contributed by atoms with E-state index >= 15 is 0 Å². The summed E-state index contributed by atoms with van der Waals surface area (Å²) in [5.74, 6) is -1.12. The molecule has 2 amide bonds. The number of hydrazine groups is 1. The quantitative estimate of drug-likeness (QED) is 0.168. The number of carbonyl (C=O) groups is 3. The topological polar surface area (TPSA) is 183 Å². The first-order valence-corrected chi connectivity index (χ1v) is 23.4. The molecule has 4 saturated heterocycles. The zero-order valence-electron chi connectivity index (χ0n) is 39.9. The van der Waals surface area contributed by atoms with Gasteiger partial charge in [-0.25, -0.2) is 10.2 Å². The van der Waals surface area contributed by atoms with Gasteiger partial charge in [-0.2, -0.15) is 0 Å². The average molecular weight is 905 g/mol. The van der Waals surface area contributed by atoms with Crippen LogP contribution in [0.2, 0.25) is 0 Å². The van der Waals surface area contributed by atoms with Crippen LogP contribution in [0.3, 0.4) is 0 Å². The van der Waals surface area contributed by atoms with Crippen molar-refractivity contribution in [2.75, 3.05) is 91.3 Å². The summed E-state index contributed by atoms with van der Waals surface area (Å²) >= 11 is 0. The number of aliphatic carboxylic acids is 1. The molecule has 0 radical (unpaired) electrons. The fourth-order valence-corrected chi connectivity index (χ4v) is 9.88. The minimum atomic E-state index is -1.16. The third-order valence-corrected chi connectivity index (χ3v) is 13.4. The number of carboxylic acids is 1. The number of aliphatic hydroxyl groups excluding tert-OH is 1. The SMILES string of the molecule is CCn1c(-c2cc(C3CN(C)C3)cnc2[C@H](C)OC)c(CC(C)(C)CO)c2cc(N3CCO[C@@H]([C@H]([C@H](NC(=O)OC(C)(C)C)C(=O)N4CCC[C@@H](C(=O)O)N4)N4CCOCC4)C3)ccc21. The number of carbonyl (C=O) groups excluding carboxylic acids is 2. The van der Waals surface area contributed by atoms with E-state index in [1.54, 1.807) is 27.9 Å². The molecule has 17 nitrogen and oxygen atoms in total. The average Bonchev–Trinajstić information content (AvgIpc) is 3.58. The van der Waals surface area contributed by atoms with Crippen LogP contribution < -0.4 is 15.6 Å². The van der Waals surface area contributed by atoms with Gasteiger partial charge >= 0.3 is 12.1 Å². The van der Waals surface area contributed by atoms with Crippen molar-refractivity contribution >= 4 is 34.6 Å². The van der Waals surface area contributed by atoms with Crippen molar-refractivity contribution in [2.45, 2.75) is 116 Å². The number of likely N-dealkylation sites (tertiary alicyclic amines) is 1. The van der Waals surface area contributed by atoms with Gasteiger partial charge in [0.1, 0.15) is 17.7 Å². The van der Waals surface area contributed by atoms with Gasteiger partial charge in [0.15, 0.2) is 0 Å². The highest BCUT2D eigenvalue weighted by atomic mass is 16.6. The number of ether oxygens (including phenoxy) is 4. The van der Waals surface area contributed by atoms with E-state index in [-0.39, 0.29) is 19.3 Å². The predicted octanol–water partition coefficient (Wildman–Crippen LogP) is 4.40. The zero-order valence-corrected chi connectivity index (χ0v) is 39.9. The summed E-state index contributed by atoms with van der Waals surface area (Å²) in [7, 11) is 3.85. The Bertz CT molecular complexity index is 2160. The number of aliphatic hydroxyl groups is 1. The Hall–Kier alpha value is -4.36. The lowest BCUT2D eigenvalue weighted by molar-refractivity contribution is -0.151. The Morgan fingerprint density at radius 1 is 1.03 bits per heavy atom. The lowest BCUT2D eigenvalue weighted by atomic mass is 9.83. The number of amides is 2. The number of hydrogen-bond acceptors (Lipinski definition) is 13. The van der Waals surface area contributed by atoms with Gasteiger partial charge in [0.25, 0.3) is 5.91 Å². The molecule has 4 fully saturated rings. The Morgan fingerprint density at radius 3 is 2.42 bits per heavy atom. The minimum Gasteiger partial charge on any atom is -0.480 e. The van der Waals surface area contributed by atoms with E-state index in [1.165, 1.54) is 10.6 Å². The maximum absolute atomic E-state index is 14.8. The second-order valence-electron chi connectivity index (χ2n) is 20.0. The van der Waals surface area contributed by atoms with E-state index < -0.39 is 53.2 Å². The Balaban J connectivity index is 1.30. The van der Waals surface area contributed by atoms with Crippen molar-refractivity contribution in [2.24, 2.45) is 5.41 Å². The van der Waals surface area contributed by atoms with Crippen molar-refractivity contribution in [1.82, 2.24) is 35.1 Å². The van der Waals surface area contributed by atoms with Gasteiger partial charge < -0.3 is 48.8 Å². The van der Waals surface area contributed by atoms with E-state index in [1.807, 2.05) is 13.1 Å². The largest absolute Gasteiger partial charge is 0.480 e. The molecular formula is C48H72N8O9. The summed E-state index contributed by atoms with van der Waals surface area (Å²) in [5.41, 5.74) is 9.04. The summed E-state index contributed by atoms with van der Waals surface area (Å²) in [6.45, 7) is 19.8. The van der Waals surface area contributed by atoms with Crippen LogP contribution in [-0.4, -0.2) is 169 Å². The molecule has 0 bridgehead atoms. The molecule has 0 unspecified atom stereocenters. The normalized spacial score (nSPS) is 22.1. The molecule has 65 heavy (non-hydrogen) atoms. The third kappa shape index (κ3) is 10.9. The minimum absolute atomic E-state index is 0.00810. The highest BCUT2D eigenvalue weighted by Crippen LogP contribution is 2.43. The number of fused-ring (bicyclic) bond motifs is 1. The fraction of sp³-hybridized carbons (Fsp3) is 0.667. The van der Waals surface area contributed by atoms with Crippen LogP contribution in [-0.2, 0) is 41.5 Å². The first-order valence-electron chi connectivity index (χ1n) is 23.4. The van der Waals surface area contributed by atoms with Crippen LogP contribution in [0.15, 0.2) is 30.5 Å². The number of nitrogens with zero attached hydrogens (tertiary/aromatic N) is 6. The van der Waals surface area contributed by atoms with E-state index in [2.05, 4.69) is 82.1 Å². The Kier molecular flexibility index (Phi) is 15.1. The van der Waals surface area contributed by atoms with Crippen LogP contribution in [0.25, 0.3) is 22.2 Å². The highest BCUT2D eigenvalue weighted by molar-refractivity contribution is 5.95. The number of anilines is 1. The molecule has 5 atom stereocenters. The van der Waals surface area contributed by atoms with Gasteiger partial charge in [-0.05, 0) is 102 Å². The lowest BCUT2D eigenvalue weighted by Crippen LogP contribution is -2.69. The Morgan fingerprint density at radius 2 is 1.77 bits per heavy atom. The van der Waals surface area contributed by atoms with Crippen LogP contribution in [0.5, 0.6) is 0 Å². The van der Waals surface area contributed by atoms with Crippen LogP contribution >= 0.6 is 0 Å². The van der Waals surface area contributed by atoms with E-state index in [9.17, 15) is 24.6 Å². The number of carboxylic acid groups (broad SMARTS) is 1. The molecule has 2 aromatic heterocycles. The van der Waals surface area contributed by atoms with E-state index in [0.29, 0.717) is 77.7 Å². The summed E-state index contributed by atoms with van der Waals surface area (Å²) in [6.07, 6.45) is 1.91. The maximum Gasteiger partial charge on any atom is 0.408 e. The molecule has 7 rings (SSSR count). The van der Waals surface area contributed by atoms with E-state index in [4.69, 9.17) is 23.9 Å². The number of morpholine rings is 2. The van der Waals surface area contributed by atoms with Gasteiger partial charge in [-0.15, -0.1) is 0 Å². The fourth-order valence-electron chi connectivity index (χ4n) is 9.88. The molecule has 17 heteroatoms. The molecule has 4 N–H and O–H groups in total. The van der Waals surface area contributed by atoms with Gasteiger partial charge in [0.05, 0.1) is 49.5 Å². The standard InChI is InChI=1S/C48H72N8O9/c1-10-55-38-14-13-33(23-34(38)36(24-48(6,7)29-57)42(55)35-22-31(32-26-52(8)27-32)25-49-40(35)30(2)62-9)54-18-21-64-39(28-54)43(53-16-19-63-20-17-53)41(50-46(61)65-47(3,4)5)44(58)56-15-11-12-37(51-56)45(59)60/h13-14,22-23,25,30,32,37,39,41,43,51,57H,10-12,15-21,24,26-29H2,1-9H3,(H,50,61)(H,59,60)/t30-,37-,39+,41-,43+/m0/s1. The number of methoxy groups -OCH3 is 1. The number of aryl methyl sites for hydroxylation is 1. The van der Waals surface area contributed by atoms with Crippen LogP contribution in [0.1, 0.15) is 90.2 Å². The number of benzene rings is 1. The lowest BCUT2D eigenvalue weighted by Gasteiger charge is -2.47. The van der Waals surface area contributed by atoms with Gasteiger partial charge in [0, 0.05) is 100 Å². The van der Waals surface area contributed by atoms with Crippen molar-refractivity contribution in [3.8, 4) is 11.3 Å². The molecule has 0 saturated carbocycles. The molecule has 0 aliphatic carbocycles. The molecule has 4 aliphatic rings. The smallest absolute Gasteiger partial charge is 0.408 e. The molecular weight excluding hydrogens is 833 g/mol. The van der Waals surface area contributed by atoms with Crippen LogP contribution in [0, 0.1) is 5.41 Å². The molecule has 3 aromatic rings. The molecule has 0 spiro atoms. The van der Waals surface area contributed by atoms with Crippen LogP contribution in [0.4, 0.5) is 10.5 Å². The second kappa shape index (κ2) is 20.2. The maximum atomic E-state index is 14.8. The van der Waals surface area contributed by atoms with Crippen molar-refractivity contribution in [1.29, 1.82) is 0 Å². The van der Waals surface area contributed by atoms with Gasteiger partial charge in [-0.3, -0.25) is 24.5 Å². The van der Waals surface area contributed by atoms with Crippen molar-refractivity contribution in [3.63, 3.8) is 0 Å². The first-order chi connectivity index (χ1) is 30.9. The second-order valence-corrected chi connectivity index (χ2v) is 20.0. The summed E-state index contributed by atoms with van der Waals surface area (Å²) in [4.78, 5) is 52.3. The van der Waals surface area contributed by atoms with Gasteiger partial charge in [0.2, 0.25) is 0 Å². The van der Waals surface area contributed by atoms with E-state index in [0.717, 1.165) is 52.2 Å². The molecule has 1 aromatic carbocycles.